The van der Waals surface area contributed by atoms with E-state index in [9.17, 15) is 0 Å². The van der Waals surface area contributed by atoms with Crippen LogP contribution in [-0.2, 0) is 13.1 Å². The average molecular weight is 255 g/mol. The summed E-state index contributed by atoms with van der Waals surface area (Å²) in [6.45, 7) is 9.60. The summed E-state index contributed by atoms with van der Waals surface area (Å²) in [6, 6.07) is 0.623. The van der Waals surface area contributed by atoms with Crippen molar-refractivity contribution in [1.82, 2.24) is 15.2 Å². The monoisotopic (exact) mass is 255 g/mol. The minimum atomic E-state index is 0.623. The summed E-state index contributed by atoms with van der Waals surface area (Å²) in [4.78, 5) is 7.01. The van der Waals surface area contributed by atoms with Gasteiger partial charge in [-0.05, 0) is 33.4 Å². The molecule has 1 unspecified atom stereocenters. The fourth-order valence-corrected chi connectivity index (χ4v) is 2.35. The lowest BCUT2D eigenvalue weighted by atomic mass is 10.2. The molecule has 0 aliphatic rings. The molecular formula is C13H25N3S. The summed E-state index contributed by atoms with van der Waals surface area (Å²) < 4.78 is 0. The first kappa shape index (κ1) is 14.6. The highest BCUT2D eigenvalue weighted by molar-refractivity contribution is 7.09. The predicted octanol–water partition coefficient (Wildman–Crippen LogP) is 2.87. The molecule has 0 spiro atoms. The molecule has 0 aliphatic heterocycles. The summed E-state index contributed by atoms with van der Waals surface area (Å²) in [5.41, 5.74) is 1.20. The molecule has 4 heteroatoms. The highest BCUT2D eigenvalue weighted by atomic mass is 32.1. The van der Waals surface area contributed by atoms with Gasteiger partial charge in [0, 0.05) is 24.5 Å². The number of hydrogen-bond donors (Lipinski definition) is 1. The first-order valence-corrected chi connectivity index (χ1v) is 7.39. The first-order chi connectivity index (χ1) is 8.17. The Morgan fingerprint density at radius 1 is 1.47 bits per heavy atom. The van der Waals surface area contributed by atoms with Gasteiger partial charge >= 0.3 is 0 Å². The van der Waals surface area contributed by atoms with E-state index in [1.807, 2.05) is 0 Å². The van der Waals surface area contributed by atoms with Crippen LogP contribution >= 0.6 is 11.3 Å². The maximum absolute atomic E-state index is 4.65. The highest BCUT2D eigenvalue weighted by Crippen LogP contribution is 2.13. The lowest BCUT2D eigenvalue weighted by Gasteiger charge is -2.22. The van der Waals surface area contributed by atoms with Crippen LogP contribution in [0.25, 0.3) is 0 Å². The van der Waals surface area contributed by atoms with Crippen molar-refractivity contribution in [2.24, 2.45) is 0 Å². The standard InChI is InChI=1S/C13H25N3S/c1-5-7-14-8-13-15-12(10-17-13)9-16(4)11(3)6-2/h10-11,14H,5-9H2,1-4H3. The van der Waals surface area contributed by atoms with Crippen molar-refractivity contribution in [3.05, 3.63) is 16.1 Å². The van der Waals surface area contributed by atoms with Crippen LogP contribution < -0.4 is 5.32 Å². The zero-order valence-electron chi connectivity index (χ0n) is 11.5. The van der Waals surface area contributed by atoms with Gasteiger partial charge in [0.05, 0.1) is 5.69 Å². The molecule has 0 saturated heterocycles. The molecule has 17 heavy (non-hydrogen) atoms. The normalized spacial score (nSPS) is 13.2. The third-order valence-electron chi connectivity index (χ3n) is 3.06. The molecule has 0 aliphatic carbocycles. The number of nitrogens with one attached hydrogen (secondary N) is 1. The summed E-state index contributed by atoms with van der Waals surface area (Å²) in [7, 11) is 2.17. The van der Waals surface area contributed by atoms with Crippen molar-refractivity contribution in [1.29, 1.82) is 0 Å². The third-order valence-corrected chi connectivity index (χ3v) is 3.95. The van der Waals surface area contributed by atoms with Crippen molar-refractivity contribution in [2.75, 3.05) is 13.6 Å². The van der Waals surface area contributed by atoms with Gasteiger partial charge in [0.15, 0.2) is 0 Å². The highest BCUT2D eigenvalue weighted by Gasteiger charge is 2.09. The van der Waals surface area contributed by atoms with E-state index in [-0.39, 0.29) is 0 Å². The number of nitrogens with zero attached hydrogens (tertiary/aromatic N) is 2. The Kier molecular flexibility index (Phi) is 6.70. The van der Waals surface area contributed by atoms with Gasteiger partial charge < -0.3 is 5.32 Å². The molecule has 3 nitrogen and oxygen atoms in total. The number of hydrogen-bond acceptors (Lipinski definition) is 4. The molecule has 98 valence electrons. The summed E-state index contributed by atoms with van der Waals surface area (Å²) in [6.07, 6.45) is 2.36. The summed E-state index contributed by atoms with van der Waals surface area (Å²) >= 11 is 1.76. The molecule has 0 radical (unpaired) electrons. The van der Waals surface area contributed by atoms with Gasteiger partial charge in [-0.25, -0.2) is 4.98 Å². The Morgan fingerprint density at radius 3 is 2.88 bits per heavy atom. The molecular weight excluding hydrogens is 230 g/mol. The van der Waals surface area contributed by atoms with Crippen LogP contribution in [0.3, 0.4) is 0 Å². The van der Waals surface area contributed by atoms with Crippen LogP contribution in [0, 0.1) is 0 Å². The minimum Gasteiger partial charge on any atom is -0.310 e. The fraction of sp³-hybridized carbons (Fsp3) is 0.769. The summed E-state index contributed by atoms with van der Waals surface area (Å²) in [5.74, 6) is 0. The Bertz CT molecular complexity index is 311. The van der Waals surface area contributed by atoms with Crippen LogP contribution in [0.1, 0.15) is 44.3 Å². The Labute approximate surface area is 109 Å². The van der Waals surface area contributed by atoms with Crippen molar-refractivity contribution < 1.29 is 0 Å². The topological polar surface area (TPSA) is 28.2 Å². The van der Waals surface area contributed by atoms with Crippen LogP contribution in [0.15, 0.2) is 5.38 Å². The van der Waals surface area contributed by atoms with Crippen LogP contribution in [0.4, 0.5) is 0 Å². The zero-order chi connectivity index (χ0) is 12.7. The van der Waals surface area contributed by atoms with E-state index in [4.69, 9.17) is 0 Å². The van der Waals surface area contributed by atoms with E-state index < -0.39 is 0 Å². The molecule has 1 N–H and O–H groups in total. The van der Waals surface area contributed by atoms with Gasteiger partial charge in [-0.3, -0.25) is 4.90 Å². The lowest BCUT2D eigenvalue weighted by Crippen LogP contribution is -2.27. The van der Waals surface area contributed by atoms with E-state index in [2.05, 4.69) is 48.4 Å². The largest absolute Gasteiger partial charge is 0.310 e. The lowest BCUT2D eigenvalue weighted by molar-refractivity contribution is 0.241. The zero-order valence-corrected chi connectivity index (χ0v) is 12.3. The van der Waals surface area contributed by atoms with E-state index >= 15 is 0 Å². The third kappa shape index (κ3) is 5.15. The fourth-order valence-electron chi connectivity index (χ4n) is 1.60. The first-order valence-electron chi connectivity index (χ1n) is 6.51. The van der Waals surface area contributed by atoms with Gasteiger partial charge in [-0.15, -0.1) is 11.3 Å². The van der Waals surface area contributed by atoms with E-state index in [0.29, 0.717) is 6.04 Å². The molecule has 0 aromatic carbocycles. The van der Waals surface area contributed by atoms with Crippen LogP contribution in [0.5, 0.6) is 0 Å². The van der Waals surface area contributed by atoms with E-state index in [1.54, 1.807) is 11.3 Å². The Balaban J connectivity index is 2.39. The maximum atomic E-state index is 4.65. The Morgan fingerprint density at radius 2 is 2.24 bits per heavy atom. The second kappa shape index (κ2) is 7.80. The minimum absolute atomic E-state index is 0.623. The molecule has 0 fully saturated rings. The molecule has 1 heterocycles. The predicted molar refractivity (Wildman–Crippen MR) is 75.3 cm³/mol. The second-order valence-electron chi connectivity index (χ2n) is 4.58. The Hall–Kier alpha value is -0.450. The van der Waals surface area contributed by atoms with Crippen molar-refractivity contribution in [2.45, 2.75) is 52.7 Å². The van der Waals surface area contributed by atoms with Gasteiger partial charge in [0.2, 0.25) is 0 Å². The number of thiazole rings is 1. The van der Waals surface area contributed by atoms with Crippen molar-refractivity contribution in [3.8, 4) is 0 Å². The van der Waals surface area contributed by atoms with Crippen molar-refractivity contribution in [3.63, 3.8) is 0 Å². The molecule has 1 atom stereocenters. The number of rotatable bonds is 8. The molecule has 0 saturated carbocycles. The quantitative estimate of drug-likeness (QED) is 0.724. The second-order valence-corrected chi connectivity index (χ2v) is 5.52. The van der Waals surface area contributed by atoms with Gasteiger partial charge in [-0.1, -0.05) is 13.8 Å². The van der Waals surface area contributed by atoms with Crippen molar-refractivity contribution >= 4 is 11.3 Å². The SMILES string of the molecule is CCCNCc1nc(CN(C)C(C)CC)cs1. The van der Waals surface area contributed by atoms with E-state index in [0.717, 1.165) is 19.6 Å². The summed E-state index contributed by atoms with van der Waals surface area (Å²) in [5, 5.41) is 6.77. The van der Waals surface area contributed by atoms with Crippen LogP contribution in [-0.4, -0.2) is 29.5 Å². The van der Waals surface area contributed by atoms with Gasteiger partial charge in [0.1, 0.15) is 5.01 Å². The average Bonchev–Trinajstić information content (AvgIpc) is 2.76. The molecule has 0 amide bonds. The molecule has 0 bridgehead atoms. The van der Waals surface area contributed by atoms with E-state index in [1.165, 1.54) is 23.5 Å². The van der Waals surface area contributed by atoms with Crippen LogP contribution in [0.2, 0.25) is 0 Å². The molecule has 1 aromatic heterocycles. The maximum Gasteiger partial charge on any atom is 0.107 e. The number of aromatic nitrogens is 1. The smallest absolute Gasteiger partial charge is 0.107 e. The van der Waals surface area contributed by atoms with Gasteiger partial charge in [-0.2, -0.15) is 0 Å². The van der Waals surface area contributed by atoms with Gasteiger partial charge in [0.25, 0.3) is 0 Å². The molecule has 1 rings (SSSR count). The molecule has 1 aromatic rings.